The van der Waals surface area contributed by atoms with Crippen LogP contribution in [0.1, 0.15) is 40.4 Å². The Balaban J connectivity index is 1.58. The minimum Gasteiger partial charge on any atom is -0.345 e. The second-order valence-electron chi connectivity index (χ2n) is 7.60. The van der Waals surface area contributed by atoms with Gasteiger partial charge in [-0.2, -0.15) is 0 Å². The Labute approximate surface area is 187 Å². The van der Waals surface area contributed by atoms with Crippen molar-refractivity contribution in [1.82, 2.24) is 5.32 Å². The number of anilines is 1. The van der Waals surface area contributed by atoms with Gasteiger partial charge in [-0.1, -0.05) is 48.0 Å². The molecule has 4 rings (SSSR count). The van der Waals surface area contributed by atoms with E-state index in [1.54, 1.807) is 36.4 Å². The Bertz CT molecular complexity index is 1230. The number of rotatable bonds is 5. The van der Waals surface area contributed by atoms with Gasteiger partial charge >= 0.3 is 0 Å². The number of hydrogen-bond donors (Lipinski definition) is 1. The average Bonchev–Trinajstić information content (AvgIpc) is 2.79. The number of aryl methyl sites for hydroxylation is 1. The van der Waals surface area contributed by atoms with Crippen LogP contribution in [0.15, 0.2) is 77.7 Å². The molecule has 1 aliphatic rings. The summed E-state index contributed by atoms with van der Waals surface area (Å²) in [6.07, 6.45) is 2.87. The number of halogens is 1. The van der Waals surface area contributed by atoms with Crippen LogP contribution in [0, 0.1) is 0 Å². The topological polar surface area (TPSA) is 66.5 Å². The first-order valence-electron chi connectivity index (χ1n) is 10.1. The van der Waals surface area contributed by atoms with Gasteiger partial charge in [-0.05, 0) is 66.8 Å². The van der Waals surface area contributed by atoms with Crippen molar-refractivity contribution in [3.8, 4) is 0 Å². The van der Waals surface area contributed by atoms with Crippen molar-refractivity contribution < 1.29 is 13.2 Å². The molecule has 1 N–H and O–H groups in total. The number of carbonyl (C=O) groups excluding carboxylic acids is 1. The lowest BCUT2D eigenvalue weighted by atomic mass is 9.87. The number of nitrogens with one attached hydrogen (secondary N) is 1. The van der Waals surface area contributed by atoms with Crippen molar-refractivity contribution >= 4 is 33.2 Å². The van der Waals surface area contributed by atoms with Crippen LogP contribution in [-0.4, -0.2) is 21.4 Å². The first-order valence-corrected chi connectivity index (χ1v) is 11.9. The maximum Gasteiger partial charge on any atom is 0.264 e. The fraction of sp³-hybridized carbons (Fsp3) is 0.208. The summed E-state index contributed by atoms with van der Waals surface area (Å²) < 4.78 is 27.4. The maximum atomic E-state index is 13.1. The van der Waals surface area contributed by atoms with Crippen molar-refractivity contribution in [2.24, 2.45) is 0 Å². The van der Waals surface area contributed by atoms with Crippen LogP contribution < -0.4 is 9.62 Å². The Hall–Kier alpha value is -2.83. The van der Waals surface area contributed by atoms with Gasteiger partial charge < -0.3 is 5.32 Å². The smallest absolute Gasteiger partial charge is 0.264 e. The molecule has 3 aromatic carbocycles. The summed E-state index contributed by atoms with van der Waals surface area (Å²) in [6, 6.07) is 20.8. The van der Waals surface area contributed by atoms with Gasteiger partial charge in [0.2, 0.25) is 0 Å². The van der Waals surface area contributed by atoms with Gasteiger partial charge in [0.15, 0.2) is 0 Å². The minimum atomic E-state index is -3.85. The zero-order valence-electron chi connectivity index (χ0n) is 17.1. The molecule has 0 spiro atoms. The third-order valence-electron chi connectivity index (χ3n) is 5.60. The Kier molecular flexibility index (Phi) is 6.03. The number of sulfonamides is 1. The average molecular weight is 455 g/mol. The standard InChI is InChI=1S/C24H23ClN2O3S/c1-27(20-11-6-10-19(25)16-20)31(29,30)21-12-4-9-18(15-21)24(28)26-23-14-5-8-17-7-2-3-13-22(17)23/h2-4,6-7,9-13,15-16,23H,5,8,14H2,1H3,(H,26,28). The highest BCUT2D eigenvalue weighted by Gasteiger charge is 2.25. The molecule has 0 bridgehead atoms. The van der Waals surface area contributed by atoms with Crippen molar-refractivity contribution in [1.29, 1.82) is 0 Å². The highest BCUT2D eigenvalue weighted by Crippen LogP contribution is 2.30. The van der Waals surface area contributed by atoms with Gasteiger partial charge in [0, 0.05) is 17.6 Å². The van der Waals surface area contributed by atoms with E-state index < -0.39 is 10.0 Å². The normalized spacial score (nSPS) is 15.7. The van der Waals surface area contributed by atoms with E-state index in [0.717, 1.165) is 29.1 Å². The molecule has 0 aliphatic heterocycles. The maximum absolute atomic E-state index is 13.1. The van der Waals surface area contributed by atoms with Gasteiger partial charge in [0.05, 0.1) is 16.6 Å². The van der Waals surface area contributed by atoms with Gasteiger partial charge in [-0.15, -0.1) is 0 Å². The van der Waals surface area contributed by atoms with E-state index in [1.165, 1.54) is 24.7 Å². The molecule has 0 saturated heterocycles. The van der Waals surface area contributed by atoms with Crippen molar-refractivity contribution in [3.05, 3.63) is 94.5 Å². The van der Waals surface area contributed by atoms with E-state index >= 15 is 0 Å². The van der Waals surface area contributed by atoms with Gasteiger partial charge in [0.25, 0.3) is 15.9 Å². The van der Waals surface area contributed by atoms with Crippen LogP contribution in [0.3, 0.4) is 0 Å². The molecular weight excluding hydrogens is 432 g/mol. The third-order valence-corrected chi connectivity index (χ3v) is 7.62. The number of carbonyl (C=O) groups is 1. The predicted molar refractivity (Wildman–Crippen MR) is 123 cm³/mol. The molecule has 1 amide bonds. The highest BCUT2D eigenvalue weighted by atomic mass is 35.5. The Morgan fingerprint density at radius 3 is 2.61 bits per heavy atom. The summed E-state index contributed by atoms with van der Waals surface area (Å²) in [5.41, 5.74) is 3.13. The lowest BCUT2D eigenvalue weighted by Gasteiger charge is -2.26. The lowest BCUT2D eigenvalue weighted by Crippen LogP contribution is -2.31. The zero-order chi connectivity index (χ0) is 22.0. The second-order valence-corrected chi connectivity index (χ2v) is 10.0. The van der Waals surface area contributed by atoms with Gasteiger partial charge in [-0.3, -0.25) is 9.10 Å². The number of fused-ring (bicyclic) bond motifs is 1. The molecule has 0 saturated carbocycles. The van der Waals surface area contributed by atoms with E-state index in [9.17, 15) is 13.2 Å². The van der Waals surface area contributed by atoms with Crippen molar-refractivity contribution in [3.63, 3.8) is 0 Å². The van der Waals surface area contributed by atoms with Crippen LogP contribution in [0.25, 0.3) is 0 Å². The monoisotopic (exact) mass is 454 g/mol. The fourth-order valence-electron chi connectivity index (χ4n) is 3.91. The van der Waals surface area contributed by atoms with Crippen LogP contribution >= 0.6 is 11.6 Å². The van der Waals surface area contributed by atoms with Crippen molar-refractivity contribution in [2.75, 3.05) is 11.4 Å². The van der Waals surface area contributed by atoms with Crippen molar-refractivity contribution in [2.45, 2.75) is 30.2 Å². The summed E-state index contributed by atoms with van der Waals surface area (Å²) >= 11 is 6.01. The Morgan fingerprint density at radius 2 is 1.81 bits per heavy atom. The van der Waals surface area contributed by atoms with Gasteiger partial charge in [-0.25, -0.2) is 8.42 Å². The van der Waals surface area contributed by atoms with Crippen LogP contribution in [-0.2, 0) is 16.4 Å². The number of nitrogens with zero attached hydrogens (tertiary/aromatic N) is 1. The molecule has 7 heteroatoms. The van der Waals surface area contributed by atoms with E-state index in [4.69, 9.17) is 11.6 Å². The zero-order valence-corrected chi connectivity index (χ0v) is 18.7. The summed E-state index contributed by atoms with van der Waals surface area (Å²) in [5.74, 6) is -0.288. The number of benzene rings is 3. The fourth-order valence-corrected chi connectivity index (χ4v) is 5.33. The lowest BCUT2D eigenvalue weighted by molar-refractivity contribution is 0.0932. The summed E-state index contributed by atoms with van der Waals surface area (Å²) in [5, 5.41) is 3.52. The minimum absolute atomic E-state index is 0.0478. The third kappa shape index (κ3) is 4.45. The summed E-state index contributed by atoms with van der Waals surface area (Å²) in [4.78, 5) is 13.0. The molecule has 0 aromatic heterocycles. The first-order chi connectivity index (χ1) is 14.9. The SMILES string of the molecule is CN(c1cccc(Cl)c1)S(=O)(=O)c1cccc(C(=O)NC2CCCc3ccccc32)c1. The molecule has 1 atom stereocenters. The van der Waals surface area contributed by atoms with Crippen LogP contribution in [0.2, 0.25) is 5.02 Å². The van der Waals surface area contributed by atoms with Crippen LogP contribution in [0.4, 0.5) is 5.69 Å². The molecule has 31 heavy (non-hydrogen) atoms. The molecule has 0 heterocycles. The molecule has 5 nitrogen and oxygen atoms in total. The summed E-state index contributed by atoms with van der Waals surface area (Å²) in [6.45, 7) is 0. The molecule has 0 fully saturated rings. The molecule has 1 aliphatic carbocycles. The quantitative estimate of drug-likeness (QED) is 0.591. The van der Waals surface area contributed by atoms with E-state index in [-0.39, 0.29) is 16.8 Å². The first kappa shape index (κ1) is 21.4. The highest BCUT2D eigenvalue weighted by molar-refractivity contribution is 7.92. The largest absolute Gasteiger partial charge is 0.345 e. The molecule has 1 unspecified atom stereocenters. The summed E-state index contributed by atoms with van der Waals surface area (Å²) in [7, 11) is -2.39. The molecular formula is C24H23ClN2O3S. The molecule has 160 valence electrons. The number of hydrogen-bond acceptors (Lipinski definition) is 3. The van der Waals surface area contributed by atoms with Gasteiger partial charge in [0.1, 0.15) is 0 Å². The molecule has 3 aromatic rings. The Morgan fingerprint density at radius 1 is 1.03 bits per heavy atom. The second kappa shape index (κ2) is 8.73. The number of amides is 1. The molecule has 0 radical (unpaired) electrons. The van der Waals surface area contributed by atoms with E-state index in [0.29, 0.717) is 16.3 Å². The van der Waals surface area contributed by atoms with E-state index in [1.807, 2.05) is 18.2 Å². The van der Waals surface area contributed by atoms with Crippen LogP contribution in [0.5, 0.6) is 0 Å². The van der Waals surface area contributed by atoms with E-state index in [2.05, 4.69) is 11.4 Å². The predicted octanol–water partition coefficient (Wildman–Crippen LogP) is 4.97.